The van der Waals surface area contributed by atoms with Gasteiger partial charge in [-0.1, -0.05) is 29.8 Å². The second-order valence-electron chi connectivity index (χ2n) is 3.36. The summed E-state index contributed by atoms with van der Waals surface area (Å²) in [4.78, 5) is 0. The van der Waals surface area contributed by atoms with E-state index in [0.29, 0.717) is 10.6 Å². The zero-order chi connectivity index (χ0) is 12.0. The number of ether oxygens (including phenoxy) is 1. The van der Waals surface area contributed by atoms with Crippen molar-refractivity contribution in [2.24, 2.45) is 0 Å². The highest BCUT2D eigenvalue weighted by Gasteiger charge is 2.14. The highest BCUT2D eigenvalue weighted by Crippen LogP contribution is 2.22. The Kier molecular flexibility index (Phi) is 5.73. The summed E-state index contributed by atoms with van der Waals surface area (Å²) in [5.41, 5.74) is 0.568. The van der Waals surface area contributed by atoms with Crippen LogP contribution in [0.1, 0.15) is 11.7 Å². The summed E-state index contributed by atoms with van der Waals surface area (Å²) >= 11 is 5.89. The van der Waals surface area contributed by atoms with Crippen molar-refractivity contribution in [2.45, 2.75) is 12.2 Å². The van der Waals surface area contributed by atoms with Crippen molar-refractivity contribution in [1.82, 2.24) is 0 Å². The quantitative estimate of drug-likeness (QED) is 0.693. The van der Waals surface area contributed by atoms with Crippen molar-refractivity contribution in [3.63, 3.8) is 0 Å². The van der Waals surface area contributed by atoms with Crippen molar-refractivity contribution in [2.75, 3.05) is 19.8 Å². The molecule has 4 nitrogen and oxygen atoms in total. The molecule has 0 saturated heterocycles. The molecule has 1 atom stereocenters. The zero-order valence-corrected chi connectivity index (χ0v) is 9.47. The van der Waals surface area contributed by atoms with Gasteiger partial charge in [0.25, 0.3) is 0 Å². The third-order valence-corrected chi connectivity index (χ3v) is 2.51. The predicted molar refractivity (Wildman–Crippen MR) is 60.3 cm³/mol. The van der Waals surface area contributed by atoms with Crippen molar-refractivity contribution in [3.8, 4) is 0 Å². The van der Waals surface area contributed by atoms with Crippen molar-refractivity contribution < 1.29 is 20.1 Å². The maximum atomic E-state index is 9.77. The summed E-state index contributed by atoms with van der Waals surface area (Å²) in [7, 11) is 0. The maximum Gasteiger partial charge on any atom is 0.104 e. The Morgan fingerprint density at radius 2 is 1.81 bits per heavy atom. The number of aliphatic hydroxyl groups excluding tert-OH is 3. The number of halogens is 1. The molecule has 0 amide bonds. The molecule has 0 spiro atoms. The number of hydrogen-bond donors (Lipinski definition) is 3. The van der Waals surface area contributed by atoms with Crippen molar-refractivity contribution in [3.05, 3.63) is 34.9 Å². The Bertz CT molecular complexity index is 315. The molecule has 0 bridgehead atoms. The molecule has 0 radical (unpaired) electrons. The lowest BCUT2D eigenvalue weighted by Crippen LogP contribution is -2.24. The van der Waals surface area contributed by atoms with Crippen LogP contribution >= 0.6 is 11.6 Å². The van der Waals surface area contributed by atoms with Crippen LogP contribution in [-0.2, 0) is 4.74 Å². The van der Waals surface area contributed by atoms with Crippen LogP contribution in [0.3, 0.4) is 0 Å². The Hall–Kier alpha value is -0.650. The fraction of sp³-hybridized carbons (Fsp3) is 0.455. The summed E-state index contributed by atoms with van der Waals surface area (Å²) in [5.74, 6) is 0. The molecule has 1 aromatic carbocycles. The molecule has 0 aromatic heterocycles. The molecule has 3 N–H and O–H groups in total. The van der Waals surface area contributed by atoms with Gasteiger partial charge in [-0.2, -0.15) is 0 Å². The van der Waals surface area contributed by atoms with E-state index >= 15 is 0 Å². The summed E-state index contributed by atoms with van der Waals surface area (Å²) in [6.07, 6.45) is -1.54. The molecule has 0 aliphatic rings. The van der Waals surface area contributed by atoms with Gasteiger partial charge in [-0.15, -0.1) is 0 Å². The Balaban J connectivity index is 2.52. The molecule has 1 rings (SSSR count). The summed E-state index contributed by atoms with van der Waals surface area (Å²) in [5, 5.41) is 27.8. The molecule has 0 heterocycles. The first-order valence-electron chi connectivity index (χ1n) is 4.94. The van der Waals surface area contributed by atoms with Gasteiger partial charge in [0.2, 0.25) is 0 Å². The van der Waals surface area contributed by atoms with Gasteiger partial charge in [-0.05, 0) is 6.07 Å². The average molecular weight is 247 g/mol. The lowest BCUT2D eigenvalue weighted by Gasteiger charge is -2.17. The van der Waals surface area contributed by atoms with Crippen molar-refractivity contribution in [1.29, 1.82) is 0 Å². The second kappa shape index (κ2) is 6.83. The van der Waals surface area contributed by atoms with Gasteiger partial charge in [-0.3, -0.25) is 0 Å². The summed E-state index contributed by atoms with van der Waals surface area (Å²) in [6, 6.07) is 6.91. The van der Waals surface area contributed by atoms with E-state index in [1.165, 1.54) is 0 Å². The zero-order valence-electron chi connectivity index (χ0n) is 8.71. The molecular weight excluding hydrogens is 232 g/mol. The first kappa shape index (κ1) is 13.4. The maximum absolute atomic E-state index is 9.77. The van der Waals surface area contributed by atoms with Gasteiger partial charge in [0.15, 0.2) is 0 Å². The Labute approximate surface area is 99.1 Å². The Morgan fingerprint density at radius 1 is 1.19 bits per heavy atom. The van der Waals surface area contributed by atoms with Crippen LogP contribution in [0.2, 0.25) is 5.02 Å². The lowest BCUT2D eigenvalue weighted by atomic mass is 10.1. The third-order valence-electron chi connectivity index (χ3n) is 2.16. The first-order chi connectivity index (χ1) is 7.69. The van der Waals surface area contributed by atoms with Crippen LogP contribution in [0.15, 0.2) is 24.3 Å². The van der Waals surface area contributed by atoms with Gasteiger partial charge in [0.05, 0.1) is 19.8 Å². The monoisotopic (exact) mass is 246 g/mol. The second-order valence-corrected chi connectivity index (χ2v) is 3.77. The fourth-order valence-corrected chi connectivity index (χ4v) is 1.49. The lowest BCUT2D eigenvalue weighted by molar-refractivity contribution is -0.0539. The summed E-state index contributed by atoms with van der Waals surface area (Å²) in [6.45, 7) is -0.590. The number of benzene rings is 1. The van der Waals surface area contributed by atoms with Crippen LogP contribution in [-0.4, -0.2) is 41.2 Å². The minimum atomic E-state index is -0.866. The SMILES string of the molecule is OCC(CO)OC[C@@H](O)c1ccccc1Cl. The molecule has 90 valence electrons. The summed E-state index contributed by atoms with van der Waals surface area (Å²) < 4.78 is 5.10. The van der Waals surface area contributed by atoms with Gasteiger partial charge in [0.1, 0.15) is 12.2 Å². The third kappa shape index (κ3) is 3.73. The van der Waals surface area contributed by atoms with Crippen molar-refractivity contribution >= 4 is 11.6 Å². The van der Waals surface area contributed by atoms with E-state index in [1.807, 2.05) is 0 Å². The van der Waals surface area contributed by atoms with E-state index in [2.05, 4.69) is 0 Å². The van der Waals surface area contributed by atoms with E-state index < -0.39 is 12.2 Å². The molecule has 0 aliphatic carbocycles. The van der Waals surface area contributed by atoms with Crippen LogP contribution in [0.5, 0.6) is 0 Å². The molecular formula is C11H15ClO4. The average Bonchev–Trinajstić information content (AvgIpc) is 2.30. The molecule has 16 heavy (non-hydrogen) atoms. The van der Waals surface area contributed by atoms with Crippen LogP contribution < -0.4 is 0 Å². The minimum absolute atomic E-state index is 0.0183. The topological polar surface area (TPSA) is 69.9 Å². The van der Waals surface area contributed by atoms with E-state index in [-0.39, 0.29) is 19.8 Å². The van der Waals surface area contributed by atoms with Gasteiger partial charge in [-0.25, -0.2) is 0 Å². The predicted octanol–water partition coefficient (Wildman–Crippen LogP) is 0.743. The van der Waals surface area contributed by atoms with Gasteiger partial charge in [0, 0.05) is 10.6 Å². The van der Waals surface area contributed by atoms with E-state index in [1.54, 1.807) is 24.3 Å². The van der Waals surface area contributed by atoms with E-state index in [0.717, 1.165) is 0 Å². The number of aliphatic hydroxyl groups is 3. The molecule has 5 heteroatoms. The smallest absolute Gasteiger partial charge is 0.104 e. The highest BCUT2D eigenvalue weighted by molar-refractivity contribution is 6.31. The molecule has 0 saturated carbocycles. The standard InChI is InChI=1S/C11H15ClO4/c12-10-4-2-1-3-9(10)11(15)7-16-8(5-13)6-14/h1-4,8,11,13-15H,5-7H2/t11-/m1/s1. The van der Waals surface area contributed by atoms with Crippen LogP contribution in [0.25, 0.3) is 0 Å². The highest BCUT2D eigenvalue weighted by atomic mass is 35.5. The van der Waals surface area contributed by atoms with E-state index in [9.17, 15) is 5.11 Å². The van der Waals surface area contributed by atoms with Gasteiger partial charge < -0.3 is 20.1 Å². The molecule has 0 fully saturated rings. The molecule has 0 aliphatic heterocycles. The van der Waals surface area contributed by atoms with Gasteiger partial charge >= 0.3 is 0 Å². The minimum Gasteiger partial charge on any atom is -0.394 e. The number of hydrogen-bond acceptors (Lipinski definition) is 4. The van der Waals surface area contributed by atoms with E-state index in [4.69, 9.17) is 26.6 Å². The Morgan fingerprint density at radius 3 is 2.38 bits per heavy atom. The molecule has 0 unspecified atom stereocenters. The van der Waals surface area contributed by atoms with Crippen LogP contribution in [0.4, 0.5) is 0 Å². The fourth-order valence-electron chi connectivity index (χ4n) is 1.23. The number of rotatable bonds is 6. The first-order valence-corrected chi connectivity index (χ1v) is 5.32. The van der Waals surface area contributed by atoms with Crippen LogP contribution in [0, 0.1) is 0 Å². The normalized spacial score (nSPS) is 13.1. The largest absolute Gasteiger partial charge is 0.394 e. The molecule has 1 aromatic rings.